The summed E-state index contributed by atoms with van der Waals surface area (Å²) < 4.78 is 0. The maximum absolute atomic E-state index is 10.2. The Morgan fingerprint density at radius 2 is 1.00 bits per heavy atom. The van der Waals surface area contributed by atoms with Crippen molar-refractivity contribution in [2.45, 2.75) is 39.5 Å². The zero-order chi connectivity index (χ0) is 13.1. The summed E-state index contributed by atoms with van der Waals surface area (Å²) in [7, 11) is 0. The molecule has 99 valence electrons. The second kappa shape index (κ2) is 12.9. The Labute approximate surface area is 110 Å². The van der Waals surface area contributed by atoms with Crippen molar-refractivity contribution >= 4 is 23.5 Å². The molecule has 0 aliphatic carbocycles. The molecule has 0 aromatic rings. The van der Waals surface area contributed by atoms with Gasteiger partial charge in [0.15, 0.2) is 0 Å². The van der Waals surface area contributed by atoms with Gasteiger partial charge in [-0.25, -0.2) is 0 Å². The number of carboxylic acid groups (broad SMARTS) is 2. The van der Waals surface area contributed by atoms with Crippen LogP contribution in [0.3, 0.4) is 0 Å². The molecule has 0 rings (SSSR count). The van der Waals surface area contributed by atoms with Gasteiger partial charge in [0.25, 0.3) is 0 Å². The van der Waals surface area contributed by atoms with Crippen LogP contribution < -0.4 is 10.2 Å². The topological polar surface area (TPSA) is 114 Å². The first-order valence-electron chi connectivity index (χ1n) is 4.76. The van der Waals surface area contributed by atoms with E-state index in [0.29, 0.717) is 0 Å². The number of ketones is 2. The number of carbonyl (C=O) groups excluding carboxylic acids is 4. The molecule has 17 heavy (non-hydrogen) atoms. The van der Waals surface area contributed by atoms with Crippen LogP contribution in [0.25, 0.3) is 0 Å². The van der Waals surface area contributed by atoms with Crippen molar-refractivity contribution in [3.63, 3.8) is 0 Å². The molecule has 0 aromatic heterocycles. The van der Waals surface area contributed by atoms with E-state index in [4.69, 9.17) is 0 Å². The number of Topliss-reactive ketones (excluding diaryl/α,β-unsaturated/α-hetero) is 2. The first-order valence-corrected chi connectivity index (χ1v) is 4.76. The van der Waals surface area contributed by atoms with Gasteiger partial charge in [-0.3, -0.25) is 9.59 Å². The van der Waals surface area contributed by atoms with Gasteiger partial charge in [0.1, 0.15) is 11.6 Å². The minimum Gasteiger partial charge on any atom is -0.550 e. The number of carboxylic acids is 2. The molecule has 6 nitrogen and oxygen atoms in total. The fourth-order valence-corrected chi connectivity index (χ4v) is 0.572. The van der Waals surface area contributed by atoms with E-state index in [1.165, 1.54) is 0 Å². The van der Waals surface area contributed by atoms with Crippen molar-refractivity contribution < 1.29 is 46.2 Å². The molecule has 0 unspecified atom stereocenters. The summed E-state index contributed by atoms with van der Waals surface area (Å²) in [5.41, 5.74) is 0. The maximum Gasteiger partial charge on any atom is 2.00 e. The average Bonchev–Trinajstić information content (AvgIpc) is 2.16. The van der Waals surface area contributed by atoms with Crippen molar-refractivity contribution in [2.24, 2.45) is 0 Å². The normalized spacial score (nSPS) is 8.12. The van der Waals surface area contributed by atoms with Crippen molar-refractivity contribution in [3.05, 3.63) is 0 Å². The Balaban J connectivity index is -0.000000218. The van der Waals surface area contributed by atoms with Gasteiger partial charge in [-0.1, -0.05) is 13.8 Å². The summed E-state index contributed by atoms with van der Waals surface area (Å²) in [6.45, 7) is 3.23. The molecule has 0 aliphatic rings. The maximum atomic E-state index is 10.2. The Bertz CT molecular complexity index is 246. The Morgan fingerprint density at radius 1 is 0.765 bits per heavy atom. The molecule has 1 radical (unpaired) electrons. The van der Waals surface area contributed by atoms with Gasteiger partial charge in [-0.15, -0.1) is 0 Å². The van der Waals surface area contributed by atoms with Gasteiger partial charge in [0.05, 0.1) is 0 Å². The number of hydrogen-bond acceptors (Lipinski definition) is 6. The molecular formula is C10H14CoO6. The molecule has 0 spiro atoms. The first-order chi connectivity index (χ1) is 7.33. The van der Waals surface area contributed by atoms with Crippen LogP contribution in [-0.4, -0.2) is 23.5 Å². The van der Waals surface area contributed by atoms with Gasteiger partial charge in [0, 0.05) is 37.6 Å². The van der Waals surface area contributed by atoms with Crippen LogP contribution in [-0.2, 0) is 36.0 Å². The molecule has 0 aliphatic heterocycles. The minimum atomic E-state index is -1.29. The van der Waals surface area contributed by atoms with E-state index in [1.54, 1.807) is 13.8 Å². The number of aliphatic carboxylic acids is 2. The first kappa shape index (κ1) is 21.1. The Morgan fingerprint density at radius 3 is 1.06 bits per heavy atom. The van der Waals surface area contributed by atoms with E-state index in [2.05, 4.69) is 0 Å². The van der Waals surface area contributed by atoms with E-state index >= 15 is 0 Å². The van der Waals surface area contributed by atoms with Crippen LogP contribution in [0.4, 0.5) is 0 Å². The SMILES string of the molecule is CCC(=O)CC(=O)[O-].CCC(=O)CC(=O)[O-].[Co+2]. The van der Waals surface area contributed by atoms with E-state index in [-0.39, 0.29) is 41.2 Å². The third-order valence-electron chi connectivity index (χ3n) is 1.47. The van der Waals surface area contributed by atoms with Gasteiger partial charge in [0.2, 0.25) is 0 Å². The predicted molar refractivity (Wildman–Crippen MR) is 49.8 cm³/mol. The molecule has 0 bridgehead atoms. The summed E-state index contributed by atoms with van der Waals surface area (Å²) in [6, 6.07) is 0. The summed E-state index contributed by atoms with van der Waals surface area (Å²) in [4.78, 5) is 39.7. The van der Waals surface area contributed by atoms with Crippen LogP contribution in [0, 0.1) is 0 Å². The zero-order valence-electron chi connectivity index (χ0n) is 9.61. The van der Waals surface area contributed by atoms with Gasteiger partial charge < -0.3 is 19.8 Å². The summed E-state index contributed by atoms with van der Waals surface area (Å²) >= 11 is 0. The molecular weight excluding hydrogens is 275 g/mol. The minimum absolute atomic E-state index is 0. The molecule has 0 saturated carbocycles. The molecule has 0 amide bonds. The quantitative estimate of drug-likeness (QED) is 0.533. The molecule has 0 aromatic carbocycles. The Hall–Kier alpha value is -1.21. The zero-order valence-corrected chi connectivity index (χ0v) is 10.7. The second-order valence-corrected chi connectivity index (χ2v) is 2.88. The van der Waals surface area contributed by atoms with Crippen molar-refractivity contribution in [1.29, 1.82) is 0 Å². The van der Waals surface area contributed by atoms with Crippen LogP contribution >= 0.6 is 0 Å². The number of carbonyl (C=O) groups is 4. The van der Waals surface area contributed by atoms with Gasteiger partial charge >= 0.3 is 16.8 Å². The summed E-state index contributed by atoms with van der Waals surface area (Å²) in [5.74, 6) is -3.16. The largest absolute Gasteiger partial charge is 2.00 e. The fourth-order valence-electron chi connectivity index (χ4n) is 0.572. The van der Waals surface area contributed by atoms with Crippen LogP contribution in [0.2, 0.25) is 0 Å². The van der Waals surface area contributed by atoms with Gasteiger partial charge in [-0.2, -0.15) is 0 Å². The predicted octanol–water partition coefficient (Wildman–Crippen LogP) is -1.79. The number of hydrogen-bond donors (Lipinski definition) is 0. The molecule has 0 N–H and O–H groups in total. The van der Waals surface area contributed by atoms with E-state index in [0.717, 1.165) is 0 Å². The van der Waals surface area contributed by atoms with Crippen molar-refractivity contribution in [2.75, 3.05) is 0 Å². The molecule has 0 heterocycles. The molecule has 0 atom stereocenters. The van der Waals surface area contributed by atoms with Crippen LogP contribution in [0.15, 0.2) is 0 Å². The fraction of sp³-hybridized carbons (Fsp3) is 0.600. The third kappa shape index (κ3) is 20.8. The van der Waals surface area contributed by atoms with E-state index in [9.17, 15) is 29.4 Å². The smallest absolute Gasteiger partial charge is 0.550 e. The summed E-state index contributed by atoms with van der Waals surface area (Å²) in [5, 5.41) is 19.3. The van der Waals surface area contributed by atoms with Crippen molar-refractivity contribution in [3.8, 4) is 0 Å². The third-order valence-corrected chi connectivity index (χ3v) is 1.47. The second-order valence-electron chi connectivity index (χ2n) is 2.88. The Kier molecular flexibility index (Phi) is 16.0. The molecule has 7 heteroatoms. The van der Waals surface area contributed by atoms with Crippen LogP contribution in [0.5, 0.6) is 0 Å². The monoisotopic (exact) mass is 289 g/mol. The van der Waals surface area contributed by atoms with E-state index < -0.39 is 24.8 Å². The van der Waals surface area contributed by atoms with Crippen molar-refractivity contribution in [1.82, 2.24) is 0 Å². The average molecular weight is 289 g/mol. The molecule has 0 fully saturated rings. The number of rotatable bonds is 6. The summed E-state index contributed by atoms with van der Waals surface area (Å²) in [6.07, 6.45) is -0.352. The molecule has 0 saturated heterocycles. The van der Waals surface area contributed by atoms with E-state index in [1.807, 2.05) is 0 Å². The van der Waals surface area contributed by atoms with Gasteiger partial charge in [-0.05, 0) is 0 Å². The van der Waals surface area contributed by atoms with Crippen LogP contribution in [0.1, 0.15) is 39.5 Å². The standard InChI is InChI=1S/2C5H8O3.Co/c2*1-2-4(6)3-5(7)8;/h2*2-3H2,1H3,(H,7,8);/q;;+2/p-2.